The molecule has 6 nitrogen and oxygen atoms in total. The Hall–Kier alpha value is -1.59. The van der Waals surface area contributed by atoms with Gasteiger partial charge in [-0.15, -0.1) is 0 Å². The Kier molecular flexibility index (Phi) is 46.6. The van der Waals surface area contributed by atoms with E-state index in [1.807, 2.05) is 0 Å². The zero-order chi connectivity index (χ0) is 44.7. The maximum atomic E-state index is 12.8. The molecule has 0 unspecified atom stereocenters. The van der Waals surface area contributed by atoms with Crippen LogP contribution in [-0.4, -0.2) is 37.2 Å². The lowest BCUT2D eigenvalue weighted by Gasteiger charge is -2.18. The molecule has 0 saturated heterocycles. The molecule has 0 rings (SSSR count). The van der Waals surface area contributed by atoms with Crippen molar-refractivity contribution in [2.24, 2.45) is 11.8 Å². The Morgan fingerprint density at radius 2 is 0.541 bits per heavy atom. The third-order valence-electron chi connectivity index (χ3n) is 12.5. The van der Waals surface area contributed by atoms with Gasteiger partial charge in [0, 0.05) is 19.3 Å². The van der Waals surface area contributed by atoms with Crippen molar-refractivity contribution in [3.8, 4) is 0 Å². The van der Waals surface area contributed by atoms with Gasteiger partial charge in [-0.1, -0.05) is 266 Å². The molecule has 0 aliphatic carbocycles. The summed E-state index contributed by atoms with van der Waals surface area (Å²) in [4.78, 5) is 37.9. The summed E-state index contributed by atoms with van der Waals surface area (Å²) in [5.74, 6) is 0.808. The molecule has 0 spiro atoms. The Morgan fingerprint density at radius 1 is 0.311 bits per heavy atom. The molecule has 0 aliphatic heterocycles. The van der Waals surface area contributed by atoms with E-state index in [1.165, 1.54) is 193 Å². The van der Waals surface area contributed by atoms with E-state index >= 15 is 0 Å². The van der Waals surface area contributed by atoms with Gasteiger partial charge in [0.25, 0.3) is 0 Å². The van der Waals surface area contributed by atoms with Crippen molar-refractivity contribution in [1.82, 2.24) is 0 Å². The number of esters is 3. The van der Waals surface area contributed by atoms with E-state index in [-0.39, 0.29) is 31.1 Å². The zero-order valence-corrected chi connectivity index (χ0v) is 41.8. The predicted octanol–water partition coefficient (Wildman–Crippen LogP) is 17.7. The van der Waals surface area contributed by atoms with Crippen LogP contribution in [0.3, 0.4) is 0 Å². The average molecular weight is 863 g/mol. The minimum Gasteiger partial charge on any atom is -0.462 e. The second kappa shape index (κ2) is 47.9. The van der Waals surface area contributed by atoms with E-state index in [9.17, 15) is 14.4 Å². The molecule has 1 atom stereocenters. The molecule has 362 valence electrons. The monoisotopic (exact) mass is 863 g/mol. The number of rotatable bonds is 49. The van der Waals surface area contributed by atoms with Crippen LogP contribution >= 0.6 is 0 Å². The highest BCUT2D eigenvalue weighted by Crippen LogP contribution is 2.18. The third kappa shape index (κ3) is 49.3. The van der Waals surface area contributed by atoms with E-state index in [1.54, 1.807) is 0 Å². The van der Waals surface area contributed by atoms with E-state index in [0.29, 0.717) is 19.3 Å². The summed E-state index contributed by atoms with van der Waals surface area (Å²) < 4.78 is 16.8. The summed E-state index contributed by atoms with van der Waals surface area (Å²) in [7, 11) is 0. The number of hydrogen-bond donors (Lipinski definition) is 0. The number of unbranched alkanes of at least 4 members (excludes halogenated alkanes) is 34. The largest absolute Gasteiger partial charge is 0.462 e. The second-order valence-corrected chi connectivity index (χ2v) is 19.8. The Morgan fingerprint density at radius 3 is 0.803 bits per heavy atom. The summed E-state index contributed by atoms with van der Waals surface area (Å²) in [6.07, 6.45) is 49.6. The Bertz CT molecular complexity index is 931. The smallest absolute Gasteiger partial charge is 0.306 e. The van der Waals surface area contributed by atoms with E-state index in [0.717, 1.165) is 69.6 Å². The maximum Gasteiger partial charge on any atom is 0.306 e. The lowest BCUT2D eigenvalue weighted by molar-refractivity contribution is -0.167. The third-order valence-corrected chi connectivity index (χ3v) is 12.5. The predicted molar refractivity (Wildman–Crippen MR) is 261 cm³/mol. The second-order valence-electron chi connectivity index (χ2n) is 19.8. The fraction of sp³-hybridized carbons (Fsp3) is 0.945. The van der Waals surface area contributed by atoms with Crippen molar-refractivity contribution < 1.29 is 28.6 Å². The first-order chi connectivity index (χ1) is 29.7. The SMILES string of the molecule is CCCCCCCCCCCCCC(=O)O[C@@H](COC(=O)CCCCCCCCCCCCCCCCCCCCC(C)C)COC(=O)CCCCCCCCCCC(C)C. The molecule has 0 aromatic rings. The molecule has 0 amide bonds. The van der Waals surface area contributed by atoms with Crippen LogP contribution in [0.1, 0.15) is 304 Å². The molecule has 0 aromatic heterocycles. The van der Waals surface area contributed by atoms with Crippen molar-refractivity contribution >= 4 is 17.9 Å². The van der Waals surface area contributed by atoms with Gasteiger partial charge in [-0.05, 0) is 31.1 Å². The topological polar surface area (TPSA) is 78.9 Å². The summed E-state index contributed by atoms with van der Waals surface area (Å²) >= 11 is 0. The van der Waals surface area contributed by atoms with Gasteiger partial charge in [0.05, 0.1) is 0 Å². The minimum absolute atomic E-state index is 0.0635. The number of ether oxygens (including phenoxy) is 3. The van der Waals surface area contributed by atoms with Gasteiger partial charge in [-0.2, -0.15) is 0 Å². The summed E-state index contributed by atoms with van der Waals surface area (Å²) in [6.45, 7) is 11.4. The van der Waals surface area contributed by atoms with Crippen LogP contribution in [0.5, 0.6) is 0 Å². The van der Waals surface area contributed by atoms with Gasteiger partial charge >= 0.3 is 17.9 Å². The maximum absolute atomic E-state index is 12.8. The van der Waals surface area contributed by atoms with E-state index < -0.39 is 6.10 Å². The molecular weight excluding hydrogens is 757 g/mol. The van der Waals surface area contributed by atoms with Crippen LogP contribution in [0.4, 0.5) is 0 Å². The van der Waals surface area contributed by atoms with Crippen molar-refractivity contribution in [1.29, 1.82) is 0 Å². The average Bonchev–Trinajstić information content (AvgIpc) is 3.23. The van der Waals surface area contributed by atoms with Crippen LogP contribution in [0.25, 0.3) is 0 Å². The molecule has 6 heteroatoms. The van der Waals surface area contributed by atoms with Crippen LogP contribution in [0.2, 0.25) is 0 Å². The molecule has 0 bridgehead atoms. The molecule has 0 heterocycles. The van der Waals surface area contributed by atoms with Crippen LogP contribution in [0.15, 0.2) is 0 Å². The van der Waals surface area contributed by atoms with Gasteiger partial charge in [0.15, 0.2) is 6.10 Å². The summed E-state index contributed by atoms with van der Waals surface area (Å²) in [5.41, 5.74) is 0. The molecule has 0 radical (unpaired) electrons. The first-order valence-corrected chi connectivity index (χ1v) is 27.2. The number of carbonyl (C=O) groups excluding carboxylic acids is 3. The van der Waals surface area contributed by atoms with Gasteiger partial charge in [-0.3, -0.25) is 14.4 Å². The van der Waals surface area contributed by atoms with Crippen LogP contribution in [0, 0.1) is 11.8 Å². The molecular formula is C55H106O6. The van der Waals surface area contributed by atoms with Crippen LogP contribution < -0.4 is 0 Å². The minimum atomic E-state index is -0.761. The van der Waals surface area contributed by atoms with Gasteiger partial charge in [0.2, 0.25) is 0 Å². The first-order valence-electron chi connectivity index (χ1n) is 27.2. The molecule has 0 fully saturated rings. The van der Waals surface area contributed by atoms with E-state index in [4.69, 9.17) is 14.2 Å². The lowest BCUT2D eigenvalue weighted by atomic mass is 10.0. The van der Waals surface area contributed by atoms with Gasteiger partial charge < -0.3 is 14.2 Å². The van der Waals surface area contributed by atoms with Crippen molar-refractivity contribution in [2.75, 3.05) is 13.2 Å². The quantitative estimate of drug-likeness (QED) is 0.0344. The molecule has 0 saturated carbocycles. The van der Waals surface area contributed by atoms with Crippen LogP contribution in [-0.2, 0) is 28.6 Å². The van der Waals surface area contributed by atoms with E-state index in [2.05, 4.69) is 34.6 Å². The normalized spacial score (nSPS) is 12.0. The van der Waals surface area contributed by atoms with Gasteiger partial charge in [-0.25, -0.2) is 0 Å². The standard InChI is InChI=1S/C55H106O6/c1-6-7-8-9-10-11-20-25-32-37-42-47-55(58)61-52(49-60-54(57)46-41-36-31-27-26-29-34-39-44-51(4)5)48-59-53(56)45-40-35-30-24-22-19-17-15-13-12-14-16-18-21-23-28-33-38-43-50(2)3/h50-52H,6-49H2,1-5H3/t52-/m0/s1. The molecule has 0 N–H and O–H groups in total. The van der Waals surface area contributed by atoms with Crippen molar-refractivity contribution in [3.63, 3.8) is 0 Å². The first kappa shape index (κ1) is 59.4. The zero-order valence-electron chi connectivity index (χ0n) is 41.8. The summed E-state index contributed by atoms with van der Waals surface area (Å²) in [5, 5.41) is 0. The van der Waals surface area contributed by atoms with Crippen molar-refractivity contribution in [3.05, 3.63) is 0 Å². The number of carbonyl (C=O) groups is 3. The van der Waals surface area contributed by atoms with Crippen molar-refractivity contribution in [2.45, 2.75) is 310 Å². The highest BCUT2D eigenvalue weighted by Gasteiger charge is 2.19. The van der Waals surface area contributed by atoms with Gasteiger partial charge in [0.1, 0.15) is 13.2 Å². The fourth-order valence-electron chi connectivity index (χ4n) is 8.34. The molecule has 0 aromatic carbocycles. The molecule has 61 heavy (non-hydrogen) atoms. The highest BCUT2D eigenvalue weighted by atomic mass is 16.6. The summed E-state index contributed by atoms with van der Waals surface area (Å²) in [6, 6.07) is 0. The Balaban J connectivity index is 4.19. The lowest BCUT2D eigenvalue weighted by Crippen LogP contribution is -2.30. The highest BCUT2D eigenvalue weighted by molar-refractivity contribution is 5.71. The Labute approximate surface area is 380 Å². The molecule has 0 aliphatic rings. The number of hydrogen-bond acceptors (Lipinski definition) is 6. The fourth-order valence-corrected chi connectivity index (χ4v) is 8.34.